The van der Waals surface area contributed by atoms with Crippen LogP contribution in [0.25, 0.3) is 6.08 Å². The van der Waals surface area contributed by atoms with E-state index in [2.05, 4.69) is 92.2 Å². The van der Waals surface area contributed by atoms with Crippen molar-refractivity contribution in [2.75, 3.05) is 11.5 Å². The highest BCUT2D eigenvalue weighted by molar-refractivity contribution is 8.03. The lowest BCUT2D eigenvalue weighted by Gasteiger charge is -2.20. The molecule has 1 aliphatic rings. The largest absolute Gasteiger partial charge is 0.175 e. The number of thioether (sulfide) groups is 2. The lowest BCUT2D eigenvalue weighted by molar-refractivity contribution is 0.608. The van der Waals surface area contributed by atoms with Crippen molar-refractivity contribution in [3.63, 3.8) is 0 Å². The summed E-state index contributed by atoms with van der Waals surface area (Å²) in [6.45, 7) is 10.7. The van der Waals surface area contributed by atoms with Gasteiger partial charge in [-0.2, -0.15) is 0 Å². The van der Waals surface area contributed by atoms with Crippen LogP contribution in [-0.4, -0.2) is 21.7 Å². The van der Waals surface area contributed by atoms with Crippen molar-refractivity contribution in [1.82, 2.24) is 10.2 Å². The zero-order valence-electron chi connectivity index (χ0n) is 18.7. The van der Waals surface area contributed by atoms with E-state index in [0.29, 0.717) is 5.92 Å². The molecule has 1 heterocycles. The highest BCUT2D eigenvalue weighted by Gasteiger charge is 2.21. The molecule has 0 spiro atoms. The fourth-order valence-electron chi connectivity index (χ4n) is 3.46. The Labute approximate surface area is 200 Å². The van der Waals surface area contributed by atoms with Gasteiger partial charge in [-0.15, -0.1) is 10.2 Å². The molecular formula is C26H32N2S3. The van der Waals surface area contributed by atoms with Crippen molar-refractivity contribution in [3.05, 3.63) is 77.9 Å². The first-order valence-corrected chi connectivity index (χ1v) is 13.7. The standard InChI is InChI=1S/C26H32N2S3/c1-5-9-20(3)23-12-8-15-26(4,16-13-23)19-30-25-28-27-24(31-25)29-17-14-22-11-7-10-21(6-2)18-22/h6-8,10-13,15-16,18,20H,2,5,9,14,17,19H2,1,3-4H3. The van der Waals surface area contributed by atoms with Crippen LogP contribution >= 0.6 is 34.9 Å². The third-order valence-corrected chi connectivity index (χ3v) is 8.96. The van der Waals surface area contributed by atoms with Gasteiger partial charge in [0.2, 0.25) is 0 Å². The van der Waals surface area contributed by atoms with Gasteiger partial charge >= 0.3 is 0 Å². The second-order valence-corrected chi connectivity index (χ2v) is 11.8. The molecule has 0 N–H and O–H groups in total. The summed E-state index contributed by atoms with van der Waals surface area (Å²) in [7, 11) is 0. The predicted molar refractivity (Wildman–Crippen MR) is 140 cm³/mol. The van der Waals surface area contributed by atoms with Crippen molar-refractivity contribution in [1.29, 1.82) is 0 Å². The van der Waals surface area contributed by atoms with Gasteiger partial charge in [-0.25, -0.2) is 0 Å². The SMILES string of the molecule is C=Cc1cccc(CCSc2nnc(SCC3(C)C=CC=C(C(C)CCC)C=C3)s2)c1. The third-order valence-electron chi connectivity index (χ3n) is 5.41. The fourth-order valence-corrected chi connectivity index (χ4v) is 6.64. The minimum Gasteiger partial charge on any atom is -0.131 e. The highest BCUT2D eigenvalue weighted by Crippen LogP contribution is 2.36. The normalized spacial score (nSPS) is 19.1. The van der Waals surface area contributed by atoms with E-state index in [0.717, 1.165) is 26.6 Å². The molecule has 164 valence electrons. The van der Waals surface area contributed by atoms with Crippen LogP contribution in [0.5, 0.6) is 0 Å². The molecule has 0 bridgehead atoms. The molecule has 1 aliphatic carbocycles. The van der Waals surface area contributed by atoms with E-state index >= 15 is 0 Å². The van der Waals surface area contributed by atoms with Crippen molar-refractivity contribution >= 4 is 40.9 Å². The number of allylic oxidation sites excluding steroid dienone is 6. The zero-order chi connectivity index (χ0) is 22.1. The van der Waals surface area contributed by atoms with Crippen LogP contribution in [0.4, 0.5) is 0 Å². The van der Waals surface area contributed by atoms with Crippen LogP contribution in [-0.2, 0) is 6.42 Å². The summed E-state index contributed by atoms with van der Waals surface area (Å²) in [4.78, 5) is 0. The monoisotopic (exact) mass is 468 g/mol. The summed E-state index contributed by atoms with van der Waals surface area (Å²) < 4.78 is 2.10. The topological polar surface area (TPSA) is 25.8 Å². The summed E-state index contributed by atoms with van der Waals surface area (Å²) >= 11 is 5.30. The van der Waals surface area contributed by atoms with Gasteiger partial charge in [0.15, 0.2) is 8.68 Å². The first kappa shape index (κ1) is 24.1. The smallest absolute Gasteiger partial charge is 0.131 e. The lowest BCUT2D eigenvalue weighted by atomic mass is 9.91. The Morgan fingerprint density at radius 1 is 1.19 bits per heavy atom. The van der Waals surface area contributed by atoms with Crippen molar-refractivity contribution < 1.29 is 0 Å². The number of hydrogen-bond donors (Lipinski definition) is 0. The molecule has 5 heteroatoms. The molecule has 0 amide bonds. The van der Waals surface area contributed by atoms with E-state index in [1.807, 2.05) is 6.08 Å². The molecule has 2 atom stereocenters. The minimum absolute atomic E-state index is 0.0317. The summed E-state index contributed by atoms with van der Waals surface area (Å²) in [6, 6.07) is 8.55. The summed E-state index contributed by atoms with van der Waals surface area (Å²) in [5, 5.41) is 8.80. The lowest BCUT2D eigenvalue weighted by Crippen LogP contribution is -2.12. The zero-order valence-corrected chi connectivity index (χ0v) is 21.2. The van der Waals surface area contributed by atoms with Crippen molar-refractivity contribution in [3.8, 4) is 0 Å². The van der Waals surface area contributed by atoms with E-state index < -0.39 is 0 Å². The molecule has 1 aromatic heterocycles. The number of aryl methyl sites for hydroxylation is 1. The van der Waals surface area contributed by atoms with E-state index in [1.54, 1.807) is 34.9 Å². The Morgan fingerprint density at radius 2 is 2.00 bits per heavy atom. The maximum atomic E-state index is 4.41. The number of benzene rings is 1. The van der Waals surface area contributed by atoms with Crippen LogP contribution < -0.4 is 0 Å². The Bertz CT molecular complexity index is 957. The average molecular weight is 469 g/mol. The van der Waals surface area contributed by atoms with E-state index in [9.17, 15) is 0 Å². The van der Waals surface area contributed by atoms with E-state index in [4.69, 9.17) is 0 Å². The molecule has 2 aromatic rings. The second kappa shape index (κ2) is 11.9. The summed E-state index contributed by atoms with van der Waals surface area (Å²) in [6.07, 6.45) is 16.9. The first-order valence-electron chi connectivity index (χ1n) is 10.9. The molecule has 0 saturated carbocycles. The maximum absolute atomic E-state index is 4.41. The quantitative estimate of drug-likeness (QED) is 0.311. The van der Waals surface area contributed by atoms with Gasteiger partial charge < -0.3 is 0 Å². The summed E-state index contributed by atoms with van der Waals surface area (Å²) in [5.74, 6) is 2.59. The van der Waals surface area contributed by atoms with Gasteiger partial charge in [0.25, 0.3) is 0 Å². The molecular weight excluding hydrogens is 437 g/mol. The molecule has 2 nitrogen and oxygen atoms in total. The molecule has 0 fully saturated rings. The van der Waals surface area contributed by atoms with Gasteiger partial charge in [-0.05, 0) is 35.5 Å². The Morgan fingerprint density at radius 3 is 2.77 bits per heavy atom. The number of aromatic nitrogens is 2. The third kappa shape index (κ3) is 7.51. The molecule has 31 heavy (non-hydrogen) atoms. The Hall–Kier alpha value is -1.56. The predicted octanol–water partition coefficient (Wildman–Crippen LogP) is 8.10. The number of hydrogen-bond acceptors (Lipinski definition) is 5. The Kier molecular flexibility index (Phi) is 9.24. The minimum atomic E-state index is 0.0317. The van der Waals surface area contributed by atoms with Gasteiger partial charge in [0.1, 0.15) is 0 Å². The maximum Gasteiger partial charge on any atom is 0.175 e. The Balaban J connectivity index is 1.48. The van der Waals surface area contributed by atoms with Crippen LogP contribution in [0.1, 0.15) is 44.7 Å². The molecule has 3 rings (SSSR count). The number of rotatable bonds is 11. The van der Waals surface area contributed by atoms with E-state index in [1.165, 1.54) is 29.5 Å². The fraction of sp³-hybridized carbons (Fsp3) is 0.385. The van der Waals surface area contributed by atoms with Crippen LogP contribution in [0.3, 0.4) is 0 Å². The molecule has 0 saturated heterocycles. The van der Waals surface area contributed by atoms with Crippen molar-refractivity contribution in [2.24, 2.45) is 11.3 Å². The average Bonchev–Trinajstić information content (AvgIpc) is 3.13. The van der Waals surface area contributed by atoms with Crippen molar-refractivity contribution in [2.45, 2.75) is 48.7 Å². The van der Waals surface area contributed by atoms with E-state index in [-0.39, 0.29) is 5.41 Å². The van der Waals surface area contributed by atoms with Crippen LogP contribution in [0.15, 0.2) is 75.5 Å². The molecule has 0 aliphatic heterocycles. The number of nitrogens with zero attached hydrogens (tertiary/aromatic N) is 2. The second-order valence-electron chi connectivity index (χ2n) is 8.22. The van der Waals surface area contributed by atoms with Gasteiger partial charge in [-0.3, -0.25) is 0 Å². The van der Waals surface area contributed by atoms with Gasteiger partial charge in [-0.1, -0.05) is 129 Å². The summed E-state index contributed by atoms with van der Waals surface area (Å²) in [5.41, 5.74) is 3.98. The molecule has 1 aromatic carbocycles. The van der Waals surface area contributed by atoms with Gasteiger partial charge in [0.05, 0.1) is 0 Å². The molecule has 0 radical (unpaired) electrons. The van der Waals surface area contributed by atoms with Crippen LogP contribution in [0.2, 0.25) is 0 Å². The van der Waals surface area contributed by atoms with Gasteiger partial charge in [0, 0.05) is 16.9 Å². The molecule has 2 unspecified atom stereocenters. The highest BCUT2D eigenvalue weighted by atomic mass is 32.2. The first-order chi connectivity index (χ1) is 15.0. The van der Waals surface area contributed by atoms with Crippen LogP contribution in [0, 0.1) is 11.3 Å².